The summed E-state index contributed by atoms with van der Waals surface area (Å²) in [5, 5.41) is 1.86. The van der Waals surface area contributed by atoms with E-state index < -0.39 is 0 Å². The molecule has 0 aliphatic carbocycles. The lowest BCUT2D eigenvalue weighted by molar-refractivity contribution is 0.722. The second-order valence-corrected chi connectivity index (χ2v) is 6.44. The summed E-state index contributed by atoms with van der Waals surface area (Å²) in [7, 11) is 0. The molecule has 5 heteroatoms. The summed E-state index contributed by atoms with van der Waals surface area (Å²) in [5.41, 5.74) is 8.08. The molecule has 0 fully saturated rings. The van der Waals surface area contributed by atoms with E-state index in [0.29, 0.717) is 21.5 Å². The highest BCUT2D eigenvalue weighted by atomic mass is 79.9. The maximum atomic E-state index is 6.19. The molecule has 1 nitrogen and oxygen atoms in total. The molecular formula is C14H11BrCl3N. The average Bonchev–Trinajstić information content (AvgIpc) is 2.31. The van der Waals surface area contributed by atoms with Gasteiger partial charge < -0.3 is 5.73 Å². The van der Waals surface area contributed by atoms with E-state index in [0.717, 1.165) is 15.6 Å². The Morgan fingerprint density at radius 1 is 1.00 bits per heavy atom. The maximum Gasteiger partial charge on any atom is 0.0449 e. The third-order valence-corrected chi connectivity index (χ3v) is 4.05. The number of halogens is 4. The summed E-state index contributed by atoms with van der Waals surface area (Å²) in [6.45, 7) is 0. The van der Waals surface area contributed by atoms with Crippen molar-refractivity contribution < 1.29 is 0 Å². The van der Waals surface area contributed by atoms with Gasteiger partial charge in [-0.3, -0.25) is 0 Å². The highest BCUT2D eigenvalue weighted by molar-refractivity contribution is 9.10. The normalized spacial score (nSPS) is 12.5. The first kappa shape index (κ1) is 15.1. The van der Waals surface area contributed by atoms with Gasteiger partial charge in [0.25, 0.3) is 0 Å². The Morgan fingerprint density at radius 3 is 2.21 bits per heavy atom. The molecule has 0 aromatic heterocycles. The molecule has 1 unspecified atom stereocenters. The van der Waals surface area contributed by atoms with Crippen LogP contribution in [0.5, 0.6) is 0 Å². The average molecular weight is 380 g/mol. The van der Waals surface area contributed by atoms with Gasteiger partial charge in [0.2, 0.25) is 0 Å². The number of hydrogen-bond acceptors (Lipinski definition) is 1. The van der Waals surface area contributed by atoms with E-state index in [4.69, 9.17) is 40.5 Å². The van der Waals surface area contributed by atoms with Crippen molar-refractivity contribution in [1.82, 2.24) is 0 Å². The van der Waals surface area contributed by atoms with E-state index in [1.807, 2.05) is 30.3 Å². The van der Waals surface area contributed by atoms with Crippen molar-refractivity contribution in [2.75, 3.05) is 0 Å². The van der Waals surface area contributed by atoms with Gasteiger partial charge in [-0.25, -0.2) is 0 Å². The second-order valence-electron chi connectivity index (χ2n) is 4.25. The number of rotatable bonds is 3. The highest BCUT2D eigenvalue weighted by Crippen LogP contribution is 2.28. The van der Waals surface area contributed by atoms with Crippen LogP contribution in [0.3, 0.4) is 0 Å². The first-order valence-corrected chi connectivity index (χ1v) is 7.54. The lowest BCUT2D eigenvalue weighted by Crippen LogP contribution is -2.13. The first-order chi connectivity index (χ1) is 8.95. The molecule has 0 aliphatic heterocycles. The van der Waals surface area contributed by atoms with Crippen LogP contribution in [0.4, 0.5) is 0 Å². The van der Waals surface area contributed by atoms with E-state index >= 15 is 0 Å². The Morgan fingerprint density at radius 2 is 1.63 bits per heavy atom. The van der Waals surface area contributed by atoms with Crippen LogP contribution < -0.4 is 5.73 Å². The van der Waals surface area contributed by atoms with Crippen LogP contribution >= 0.6 is 50.7 Å². The van der Waals surface area contributed by atoms with Crippen LogP contribution in [-0.4, -0.2) is 0 Å². The molecule has 19 heavy (non-hydrogen) atoms. The molecule has 0 spiro atoms. The van der Waals surface area contributed by atoms with E-state index in [9.17, 15) is 0 Å². The van der Waals surface area contributed by atoms with Crippen LogP contribution in [0.25, 0.3) is 0 Å². The molecule has 2 aromatic rings. The van der Waals surface area contributed by atoms with Gasteiger partial charge in [-0.05, 0) is 47.9 Å². The minimum atomic E-state index is -0.199. The third-order valence-electron chi connectivity index (χ3n) is 2.77. The van der Waals surface area contributed by atoms with Gasteiger partial charge in [0.1, 0.15) is 0 Å². The fraction of sp³-hybridized carbons (Fsp3) is 0.143. The van der Waals surface area contributed by atoms with E-state index in [2.05, 4.69) is 15.9 Å². The van der Waals surface area contributed by atoms with Crippen molar-refractivity contribution in [2.24, 2.45) is 5.73 Å². The van der Waals surface area contributed by atoms with Crippen LogP contribution in [0.1, 0.15) is 17.2 Å². The quantitative estimate of drug-likeness (QED) is 0.732. The molecule has 0 bridgehead atoms. The highest BCUT2D eigenvalue weighted by Gasteiger charge is 2.11. The molecule has 0 amide bonds. The molecule has 2 aromatic carbocycles. The Balaban J connectivity index is 2.22. The minimum Gasteiger partial charge on any atom is -0.324 e. The topological polar surface area (TPSA) is 26.0 Å². The summed E-state index contributed by atoms with van der Waals surface area (Å²) in [6, 6.07) is 10.9. The number of nitrogens with two attached hydrogens (primary N) is 1. The van der Waals surface area contributed by atoms with Crippen molar-refractivity contribution in [3.8, 4) is 0 Å². The zero-order valence-corrected chi connectivity index (χ0v) is 13.7. The molecule has 0 radical (unpaired) electrons. The summed E-state index contributed by atoms with van der Waals surface area (Å²) in [4.78, 5) is 0. The van der Waals surface area contributed by atoms with Crippen molar-refractivity contribution in [3.63, 3.8) is 0 Å². The molecule has 2 N–H and O–H groups in total. The lowest BCUT2D eigenvalue weighted by atomic mass is 10.00. The van der Waals surface area contributed by atoms with Crippen LogP contribution in [0, 0.1) is 0 Å². The maximum absolute atomic E-state index is 6.19. The van der Waals surface area contributed by atoms with Gasteiger partial charge in [-0.2, -0.15) is 0 Å². The van der Waals surface area contributed by atoms with Gasteiger partial charge >= 0.3 is 0 Å². The van der Waals surface area contributed by atoms with Crippen LogP contribution in [-0.2, 0) is 6.42 Å². The largest absolute Gasteiger partial charge is 0.324 e. The Hall–Kier alpha value is -0.250. The van der Waals surface area contributed by atoms with Gasteiger partial charge in [0.15, 0.2) is 0 Å². The summed E-state index contributed by atoms with van der Waals surface area (Å²) in [5.74, 6) is 0. The number of hydrogen-bond donors (Lipinski definition) is 1. The molecule has 0 saturated carbocycles. The van der Waals surface area contributed by atoms with Gasteiger partial charge in [0, 0.05) is 25.6 Å². The molecule has 0 aliphatic rings. The molecule has 2 rings (SSSR count). The molecule has 0 heterocycles. The predicted octanol–water partition coefficient (Wildman–Crippen LogP) is 5.65. The zero-order valence-electron chi connectivity index (χ0n) is 9.84. The molecule has 0 saturated heterocycles. The fourth-order valence-electron chi connectivity index (χ4n) is 1.83. The molecule has 100 valence electrons. The zero-order chi connectivity index (χ0) is 14.0. The van der Waals surface area contributed by atoms with Gasteiger partial charge in [0.05, 0.1) is 0 Å². The summed E-state index contributed by atoms with van der Waals surface area (Å²) in [6.07, 6.45) is 0.628. The molecule has 1 atom stereocenters. The molecular weight excluding hydrogens is 368 g/mol. The van der Waals surface area contributed by atoms with Crippen LogP contribution in [0.15, 0.2) is 40.9 Å². The van der Waals surface area contributed by atoms with Gasteiger partial charge in [-0.15, -0.1) is 0 Å². The summed E-state index contributed by atoms with van der Waals surface area (Å²) < 4.78 is 0.945. The fourth-order valence-corrected chi connectivity index (χ4v) is 3.12. The van der Waals surface area contributed by atoms with Crippen molar-refractivity contribution in [1.29, 1.82) is 0 Å². The number of benzene rings is 2. The standard InChI is InChI=1S/C14H11BrCl3N/c15-10-2-1-8(13(18)6-10)5-14(19)9-3-11(16)7-12(17)4-9/h1-4,6-7,14H,5,19H2. The Bertz CT molecular complexity index is 581. The van der Waals surface area contributed by atoms with E-state index in [1.54, 1.807) is 6.07 Å². The third kappa shape index (κ3) is 4.11. The summed E-state index contributed by atoms with van der Waals surface area (Å²) >= 11 is 21.5. The Kier molecular flexibility index (Phi) is 5.15. The predicted molar refractivity (Wildman–Crippen MR) is 86.2 cm³/mol. The van der Waals surface area contributed by atoms with Crippen LogP contribution in [0.2, 0.25) is 15.1 Å². The Labute approximate surface area is 135 Å². The first-order valence-electron chi connectivity index (χ1n) is 5.61. The smallest absolute Gasteiger partial charge is 0.0449 e. The monoisotopic (exact) mass is 377 g/mol. The van der Waals surface area contributed by atoms with Gasteiger partial charge in [-0.1, -0.05) is 56.8 Å². The van der Waals surface area contributed by atoms with Crippen molar-refractivity contribution >= 4 is 50.7 Å². The SMILES string of the molecule is NC(Cc1ccc(Br)cc1Cl)c1cc(Cl)cc(Cl)c1. The lowest BCUT2D eigenvalue weighted by Gasteiger charge is -2.14. The minimum absolute atomic E-state index is 0.199. The second kappa shape index (κ2) is 6.47. The van der Waals surface area contributed by atoms with Crippen molar-refractivity contribution in [3.05, 3.63) is 67.1 Å². The van der Waals surface area contributed by atoms with E-state index in [1.165, 1.54) is 0 Å². The van der Waals surface area contributed by atoms with Crippen molar-refractivity contribution in [2.45, 2.75) is 12.5 Å². The van der Waals surface area contributed by atoms with E-state index in [-0.39, 0.29) is 6.04 Å².